The minimum Gasteiger partial charge on any atom is -0.303 e. The summed E-state index contributed by atoms with van der Waals surface area (Å²) in [5.74, 6) is 1.67. The van der Waals surface area contributed by atoms with Crippen molar-refractivity contribution in [3.8, 4) is 6.07 Å². The number of hydrogen-bond donors (Lipinski definition) is 1. The Morgan fingerprint density at radius 2 is 2.05 bits per heavy atom. The van der Waals surface area contributed by atoms with Gasteiger partial charge in [-0.25, -0.2) is 0 Å². The van der Waals surface area contributed by atoms with Gasteiger partial charge in [0.2, 0.25) is 0 Å². The van der Waals surface area contributed by atoms with Crippen molar-refractivity contribution in [3.05, 3.63) is 0 Å². The predicted octanol–water partition coefficient (Wildman–Crippen LogP) is 3.41. The minimum absolute atomic E-state index is 0.328. The van der Waals surface area contributed by atoms with Crippen molar-refractivity contribution in [2.24, 2.45) is 11.8 Å². The first-order valence-electron chi connectivity index (χ1n) is 8.33. The molecule has 116 valence electrons. The van der Waals surface area contributed by atoms with Crippen LogP contribution in [0.3, 0.4) is 0 Å². The Morgan fingerprint density at radius 3 is 2.50 bits per heavy atom. The summed E-state index contributed by atoms with van der Waals surface area (Å²) >= 11 is 0. The van der Waals surface area contributed by atoms with Crippen LogP contribution in [0.25, 0.3) is 0 Å². The monoisotopic (exact) mass is 279 g/mol. The zero-order valence-corrected chi connectivity index (χ0v) is 14.1. The van der Waals surface area contributed by atoms with Crippen molar-refractivity contribution in [1.29, 1.82) is 5.26 Å². The van der Waals surface area contributed by atoms with Crippen molar-refractivity contribution >= 4 is 0 Å². The Bertz CT molecular complexity index is 319. The van der Waals surface area contributed by atoms with Crippen LogP contribution < -0.4 is 5.32 Å². The van der Waals surface area contributed by atoms with E-state index in [4.69, 9.17) is 0 Å². The topological polar surface area (TPSA) is 39.1 Å². The number of hydrogen-bond acceptors (Lipinski definition) is 3. The van der Waals surface area contributed by atoms with Crippen molar-refractivity contribution in [2.45, 2.75) is 71.9 Å². The lowest BCUT2D eigenvalue weighted by molar-refractivity contribution is 0.271. The van der Waals surface area contributed by atoms with Gasteiger partial charge in [-0.1, -0.05) is 20.8 Å². The fraction of sp³-hybridized carbons (Fsp3) is 0.941. The van der Waals surface area contributed by atoms with Gasteiger partial charge in [0.15, 0.2) is 0 Å². The standard InChI is InChI=1S/C17H33N3/c1-6-17(13-18,19-15(4)5)9-7-10-20-11-8-16(12-20)14(2)3/h14-16,19H,6-12H2,1-5H3. The average Bonchev–Trinajstić information content (AvgIpc) is 2.86. The van der Waals surface area contributed by atoms with E-state index in [1.807, 2.05) is 0 Å². The number of likely N-dealkylation sites (tertiary alicyclic amines) is 1. The van der Waals surface area contributed by atoms with Gasteiger partial charge in [0.25, 0.3) is 0 Å². The van der Waals surface area contributed by atoms with Crippen LogP contribution in [0.1, 0.15) is 60.3 Å². The molecule has 20 heavy (non-hydrogen) atoms. The van der Waals surface area contributed by atoms with Gasteiger partial charge >= 0.3 is 0 Å². The van der Waals surface area contributed by atoms with E-state index in [9.17, 15) is 5.26 Å². The molecule has 0 amide bonds. The molecule has 3 heteroatoms. The third-order valence-corrected chi connectivity index (χ3v) is 4.71. The van der Waals surface area contributed by atoms with Gasteiger partial charge in [0, 0.05) is 12.6 Å². The molecule has 1 aliphatic heterocycles. The number of nitrogens with zero attached hydrogens (tertiary/aromatic N) is 2. The number of nitrogens with one attached hydrogen (secondary N) is 1. The van der Waals surface area contributed by atoms with E-state index in [1.165, 1.54) is 19.5 Å². The minimum atomic E-state index is -0.328. The van der Waals surface area contributed by atoms with E-state index in [0.717, 1.165) is 37.6 Å². The Kier molecular flexibility index (Phi) is 6.99. The molecule has 0 spiro atoms. The summed E-state index contributed by atoms with van der Waals surface area (Å²) < 4.78 is 0. The van der Waals surface area contributed by atoms with E-state index >= 15 is 0 Å². The lowest BCUT2D eigenvalue weighted by atomic mass is 9.91. The van der Waals surface area contributed by atoms with Crippen LogP contribution in [0.4, 0.5) is 0 Å². The molecule has 0 aromatic carbocycles. The second-order valence-electron chi connectivity index (χ2n) is 7.04. The molecular formula is C17H33N3. The molecule has 0 aliphatic carbocycles. The molecule has 1 fully saturated rings. The molecule has 1 aliphatic rings. The van der Waals surface area contributed by atoms with Crippen molar-refractivity contribution in [2.75, 3.05) is 19.6 Å². The zero-order valence-electron chi connectivity index (χ0n) is 14.1. The molecule has 1 saturated heterocycles. The third kappa shape index (κ3) is 5.07. The highest BCUT2D eigenvalue weighted by molar-refractivity contribution is 5.06. The molecule has 2 atom stereocenters. The fourth-order valence-electron chi connectivity index (χ4n) is 3.29. The maximum atomic E-state index is 9.51. The first-order chi connectivity index (χ1) is 9.42. The van der Waals surface area contributed by atoms with Gasteiger partial charge in [-0.05, 0) is 64.5 Å². The highest BCUT2D eigenvalue weighted by atomic mass is 15.1. The highest BCUT2D eigenvalue weighted by Gasteiger charge is 2.29. The van der Waals surface area contributed by atoms with E-state index in [1.54, 1.807) is 0 Å². The Labute approximate surface area is 125 Å². The summed E-state index contributed by atoms with van der Waals surface area (Å²) in [4.78, 5) is 2.58. The fourth-order valence-corrected chi connectivity index (χ4v) is 3.29. The van der Waals surface area contributed by atoms with E-state index in [-0.39, 0.29) is 5.54 Å². The molecule has 0 aromatic rings. The quantitative estimate of drug-likeness (QED) is 0.740. The van der Waals surface area contributed by atoms with E-state index in [2.05, 4.69) is 50.9 Å². The van der Waals surface area contributed by atoms with Crippen LogP contribution in [0, 0.1) is 23.2 Å². The maximum absolute atomic E-state index is 9.51. The van der Waals surface area contributed by atoms with Crippen molar-refractivity contribution in [3.63, 3.8) is 0 Å². The molecule has 1 N–H and O–H groups in total. The van der Waals surface area contributed by atoms with Gasteiger partial charge < -0.3 is 4.90 Å². The molecule has 1 rings (SSSR count). The first kappa shape index (κ1) is 17.5. The van der Waals surface area contributed by atoms with Crippen LogP contribution in [-0.2, 0) is 0 Å². The van der Waals surface area contributed by atoms with Crippen molar-refractivity contribution < 1.29 is 0 Å². The maximum Gasteiger partial charge on any atom is 0.106 e. The summed E-state index contributed by atoms with van der Waals surface area (Å²) in [5, 5.41) is 13.0. The number of rotatable bonds is 8. The van der Waals surface area contributed by atoms with E-state index in [0.29, 0.717) is 6.04 Å². The lowest BCUT2D eigenvalue weighted by Gasteiger charge is -2.30. The van der Waals surface area contributed by atoms with Crippen LogP contribution in [0.2, 0.25) is 0 Å². The van der Waals surface area contributed by atoms with Crippen LogP contribution >= 0.6 is 0 Å². The van der Waals surface area contributed by atoms with E-state index < -0.39 is 0 Å². The summed E-state index contributed by atoms with van der Waals surface area (Å²) in [5.41, 5.74) is -0.328. The molecule has 2 unspecified atom stereocenters. The molecule has 0 radical (unpaired) electrons. The summed E-state index contributed by atoms with van der Waals surface area (Å²) in [6.45, 7) is 14.7. The Hall–Kier alpha value is -0.590. The van der Waals surface area contributed by atoms with Crippen LogP contribution in [0.5, 0.6) is 0 Å². The number of nitriles is 1. The highest BCUT2D eigenvalue weighted by Crippen LogP contribution is 2.25. The Balaban J connectivity index is 2.37. The second kappa shape index (κ2) is 8.00. The molecule has 3 nitrogen and oxygen atoms in total. The normalized spacial score (nSPS) is 23.2. The molecule has 0 bridgehead atoms. The molecule has 1 heterocycles. The third-order valence-electron chi connectivity index (χ3n) is 4.71. The molecule has 0 saturated carbocycles. The lowest BCUT2D eigenvalue weighted by Crippen LogP contribution is -2.47. The van der Waals surface area contributed by atoms with Gasteiger partial charge in [0.05, 0.1) is 6.07 Å². The summed E-state index contributed by atoms with van der Waals surface area (Å²) in [6.07, 6.45) is 4.31. The summed E-state index contributed by atoms with van der Waals surface area (Å²) in [6, 6.07) is 2.89. The summed E-state index contributed by atoms with van der Waals surface area (Å²) in [7, 11) is 0. The van der Waals surface area contributed by atoms with Crippen LogP contribution in [0.15, 0.2) is 0 Å². The van der Waals surface area contributed by atoms with Gasteiger partial charge in [-0.2, -0.15) is 5.26 Å². The van der Waals surface area contributed by atoms with Crippen molar-refractivity contribution in [1.82, 2.24) is 10.2 Å². The zero-order chi connectivity index (χ0) is 15.2. The van der Waals surface area contributed by atoms with Gasteiger partial charge in [0.1, 0.15) is 5.54 Å². The second-order valence-corrected chi connectivity index (χ2v) is 7.04. The van der Waals surface area contributed by atoms with Gasteiger partial charge in [-0.15, -0.1) is 0 Å². The predicted molar refractivity (Wildman–Crippen MR) is 85.5 cm³/mol. The van der Waals surface area contributed by atoms with Crippen LogP contribution in [-0.4, -0.2) is 36.1 Å². The smallest absolute Gasteiger partial charge is 0.106 e. The largest absolute Gasteiger partial charge is 0.303 e. The Morgan fingerprint density at radius 1 is 1.35 bits per heavy atom. The average molecular weight is 279 g/mol. The molecular weight excluding hydrogens is 246 g/mol. The SMILES string of the molecule is CCC(C#N)(CCCN1CCC(C(C)C)C1)NC(C)C. The first-order valence-corrected chi connectivity index (χ1v) is 8.33. The van der Waals surface area contributed by atoms with Gasteiger partial charge in [-0.3, -0.25) is 5.32 Å². The molecule has 0 aromatic heterocycles.